The van der Waals surface area contributed by atoms with Crippen LogP contribution in [0.15, 0.2) is 11.6 Å². The Hall–Kier alpha value is 0.502. The average molecular weight is 680 g/mol. The SMILES string of the molecule is C[C@]1(O)CC[C@@]2(C)C(=CC[C@H]3[C@@H]4CC[C@H]([CH-]CC[C@](C)(O)C(F)(F)F)[C@@]4(C)CC[C@@H]32)C1.[U]. The quantitative estimate of drug-likeness (QED) is 0.260. The first kappa shape index (κ1) is 27.1. The predicted molar refractivity (Wildman–Crippen MR) is 116 cm³/mol. The predicted octanol–water partition coefficient (Wildman–Crippen LogP) is 6.61. The van der Waals surface area contributed by atoms with Gasteiger partial charge in [0.2, 0.25) is 0 Å². The van der Waals surface area contributed by atoms with Crippen LogP contribution in [0.1, 0.15) is 91.9 Å². The molecule has 4 rings (SSSR count). The standard InChI is InChI=1S/C26H40F3O2.U/c1-22(30)14-15-24(3)18(16-22)7-9-19-20-10-8-17(23(20,2)13-11-21(19)24)6-5-12-25(4,31)26(27,28)29;/h6-7,17,19-21,30-31H,5,8-16H2,1-4H3;/q-1;/t17-,19-,20-,21-,22-,23+,24-,25-;/m0./s1. The summed E-state index contributed by atoms with van der Waals surface area (Å²) in [5.74, 6) is 2.26. The monoisotopic (exact) mass is 679 g/mol. The second kappa shape index (κ2) is 8.86. The number of fused-ring (bicyclic) bond motifs is 5. The zero-order valence-corrected chi connectivity index (χ0v) is 24.2. The summed E-state index contributed by atoms with van der Waals surface area (Å²) < 4.78 is 39.0. The van der Waals surface area contributed by atoms with Crippen molar-refractivity contribution in [2.75, 3.05) is 0 Å². The Labute approximate surface area is 215 Å². The first-order valence-corrected chi connectivity index (χ1v) is 12.2. The van der Waals surface area contributed by atoms with E-state index >= 15 is 0 Å². The fourth-order valence-electron chi connectivity index (χ4n) is 7.94. The molecule has 0 saturated heterocycles. The van der Waals surface area contributed by atoms with Crippen molar-refractivity contribution in [2.24, 2.45) is 34.5 Å². The van der Waals surface area contributed by atoms with Crippen molar-refractivity contribution < 1.29 is 54.5 Å². The van der Waals surface area contributed by atoms with Crippen molar-refractivity contribution in [1.29, 1.82) is 0 Å². The zero-order chi connectivity index (χ0) is 22.9. The van der Waals surface area contributed by atoms with Crippen LogP contribution in [-0.4, -0.2) is 27.6 Å². The van der Waals surface area contributed by atoms with E-state index in [4.69, 9.17) is 0 Å². The second-order valence-electron chi connectivity index (χ2n) is 12.2. The van der Waals surface area contributed by atoms with E-state index in [-0.39, 0.29) is 48.4 Å². The smallest absolute Gasteiger partial charge is 0.390 e. The molecule has 0 radical (unpaired) electrons. The van der Waals surface area contributed by atoms with Crippen LogP contribution in [0.4, 0.5) is 13.2 Å². The summed E-state index contributed by atoms with van der Waals surface area (Å²) >= 11 is 0. The van der Waals surface area contributed by atoms with Gasteiger partial charge in [-0.3, -0.25) is 0 Å². The number of rotatable bonds is 4. The van der Waals surface area contributed by atoms with Crippen LogP contribution in [0.3, 0.4) is 0 Å². The Morgan fingerprint density at radius 3 is 2.41 bits per heavy atom. The number of hydrogen-bond donors (Lipinski definition) is 2. The molecule has 0 aromatic rings. The van der Waals surface area contributed by atoms with Gasteiger partial charge in [-0.15, -0.1) is 0 Å². The number of alkyl halides is 3. The first-order chi connectivity index (χ1) is 14.2. The van der Waals surface area contributed by atoms with Gasteiger partial charge in [0.1, 0.15) is 0 Å². The van der Waals surface area contributed by atoms with Gasteiger partial charge in [0.05, 0.1) is 5.60 Å². The van der Waals surface area contributed by atoms with E-state index in [2.05, 4.69) is 26.3 Å². The molecule has 0 unspecified atom stereocenters. The third-order valence-electron chi connectivity index (χ3n) is 10.1. The largest absolute Gasteiger partial charge is 0.416 e. The molecule has 2 nitrogen and oxygen atoms in total. The Kier molecular flexibility index (Phi) is 7.51. The van der Waals surface area contributed by atoms with Crippen LogP contribution in [0.5, 0.6) is 0 Å². The minimum absolute atomic E-state index is 0. The van der Waals surface area contributed by atoms with Crippen LogP contribution in [-0.2, 0) is 0 Å². The van der Waals surface area contributed by atoms with E-state index in [1.165, 1.54) is 12.0 Å². The molecule has 0 aromatic carbocycles. The minimum atomic E-state index is -4.58. The summed E-state index contributed by atoms with van der Waals surface area (Å²) in [6, 6.07) is 0. The summed E-state index contributed by atoms with van der Waals surface area (Å²) in [6.45, 7) is 7.65. The Balaban J connectivity index is 0.00000289. The van der Waals surface area contributed by atoms with Crippen LogP contribution >= 0.6 is 0 Å². The molecule has 0 spiro atoms. The maximum absolute atomic E-state index is 13.0. The molecule has 0 aliphatic heterocycles. The van der Waals surface area contributed by atoms with Crippen LogP contribution in [0.2, 0.25) is 0 Å². The van der Waals surface area contributed by atoms with Crippen LogP contribution in [0.25, 0.3) is 0 Å². The van der Waals surface area contributed by atoms with E-state index < -0.39 is 17.4 Å². The summed E-state index contributed by atoms with van der Waals surface area (Å²) in [7, 11) is 0. The van der Waals surface area contributed by atoms with Crippen molar-refractivity contribution in [1.82, 2.24) is 0 Å². The van der Waals surface area contributed by atoms with Gasteiger partial charge in [-0.05, 0) is 82.0 Å². The molecule has 3 saturated carbocycles. The maximum Gasteiger partial charge on any atom is 0.416 e. The van der Waals surface area contributed by atoms with Gasteiger partial charge >= 0.3 is 6.18 Å². The number of aliphatic hydroxyl groups is 2. The van der Waals surface area contributed by atoms with E-state index in [1.807, 2.05) is 6.92 Å². The molecule has 182 valence electrons. The normalized spacial score (nSPS) is 45.6. The molecule has 3 fully saturated rings. The first-order valence-electron chi connectivity index (χ1n) is 12.2. The van der Waals surface area contributed by atoms with E-state index in [0.717, 1.165) is 51.9 Å². The van der Waals surface area contributed by atoms with Gasteiger partial charge in [0.25, 0.3) is 0 Å². The Bertz CT molecular complexity index is 731. The molecule has 0 bridgehead atoms. The molecule has 32 heavy (non-hydrogen) atoms. The molecule has 6 heteroatoms. The van der Waals surface area contributed by atoms with Crippen molar-refractivity contribution >= 4 is 0 Å². The fraction of sp³-hybridized carbons (Fsp3) is 0.885. The molecular formula is C26H40F3O2U-. The summed E-state index contributed by atoms with van der Waals surface area (Å²) in [5.41, 5.74) is -1.37. The molecule has 0 amide bonds. The second-order valence-corrected chi connectivity index (χ2v) is 12.2. The summed E-state index contributed by atoms with van der Waals surface area (Å²) in [4.78, 5) is 0. The minimum Gasteiger partial charge on any atom is -0.390 e. The van der Waals surface area contributed by atoms with Gasteiger partial charge in [-0.1, -0.05) is 43.8 Å². The Morgan fingerprint density at radius 1 is 1.06 bits per heavy atom. The molecule has 0 aromatic heterocycles. The molecule has 4 aliphatic rings. The van der Waals surface area contributed by atoms with Gasteiger partial charge in [0.15, 0.2) is 5.60 Å². The van der Waals surface area contributed by atoms with Crippen molar-refractivity contribution in [3.63, 3.8) is 0 Å². The van der Waals surface area contributed by atoms with Gasteiger partial charge < -0.3 is 16.6 Å². The van der Waals surface area contributed by atoms with E-state index in [1.54, 1.807) is 0 Å². The number of hydrogen-bond acceptors (Lipinski definition) is 2. The molecule has 8 atom stereocenters. The molecule has 2 N–H and O–H groups in total. The van der Waals surface area contributed by atoms with Gasteiger partial charge in [0, 0.05) is 31.1 Å². The molecule has 4 aliphatic carbocycles. The van der Waals surface area contributed by atoms with Crippen molar-refractivity contribution in [2.45, 2.75) is 109 Å². The third kappa shape index (κ3) is 4.54. The van der Waals surface area contributed by atoms with E-state index in [9.17, 15) is 23.4 Å². The Morgan fingerprint density at radius 2 is 1.75 bits per heavy atom. The van der Waals surface area contributed by atoms with Crippen LogP contribution in [0, 0.1) is 72.0 Å². The van der Waals surface area contributed by atoms with Crippen molar-refractivity contribution in [3.05, 3.63) is 18.1 Å². The third-order valence-corrected chi connectivity index (χ3v) is 10.1. The molecular weight excluding hydrogens is 639 g/mol. The summed E-state index contributed by atoms with van der Waals surface area (Å²) in [5, 5.41) is 20.4. The number of allylic oxidation sites excluding steroid dienone is 1. The van der Waals surface area contributed by atoms with Crippen molar-refractivity contribution in [3.8, 4) is 0 Å². The number of halogens is 3. The molecule has 0 heterocycles. The van der Waals surface area contributed by atoms with E-state index in [0.29, 0.717) is 30.1 Å². The van der Waals surface area contributed by atoms with Gasteiger partial charge in [-0.25, -0.2) is 0 Å². The summed E-state index contributed by atoms with van der Waals surface area (Å²) in [6.07, 6.45) is 8.33. The van der Waals surface area contributed by atoms with Crippen LogP contribution < -0.4 is 0 Å². The van der Waals surface area contributed by atoms with Gasteiger partial charge in [-0.2, -0.15) is 25.5 Å². The average Bonchev–Trinajstić information content (AvgIpc) is 2.98. The zero-order valence-electron chi connectivity index (χ0n) is 20.1. The maximum atomic E-state index is 13.0. The topological polar surface area (TPSA) is 40.5 Å². The fourth-order valence-corrected chi connectivity index (χ4v) is 7.94.